The lowest BCUT2D eigenvalue weighted by molar-refractivity contribution is 0.190. The van der Waals surface area contributed by atoms with Crippen molar-refractivity contribution >= 4 is 0 Å². The molecule has 0 saturated carbocycles. The first-order valence-corrected chi connectivity index (χ1v) is 2.98. The van der Waals surface area contributed by atoms with Crippen LogP contribution >= 0.6 is 0 Å². The standard InChI is InChI=1S/C6H13N/c1-4-5(2)7-6(4)3/h4-7H,1-3H3/t4-,5-,6?/m1/s1. The van der Waals surface area contributed by atoms with E-state index in [1.165, 1.54) is 0 Å². The zero-order valence-electron chi connectivity index (χ0n) is 5.23. The minimum atomic E-state index is 0.759. The lowest BCUT2D eigenvalue weighted by Crippen LogP contribution is -2.56. The van der Waals surface area contributed by atoms with Crippen LogP contribution in [0.1, 0.15) is 20.8 Å². The molecule has 1 rings (SSSR count). The van der Waals surface area contributed by atoms with E-state index in [0.29, 0.717) is 0 Å². The third-order valence-electron chi connectivity index (χ3n) is 2.10. The predicted octanol–water partition coefficient (Wildman–Crippen LogP) is 1.00. The fourth-order valence-corrected chi connectivity index (χ4v) is 1.03. The highest BCUT2D eigenvalue weighted by Gasteiger charge is 2.28. The van der Waals surface area contributed by atoms with Gasteiger partial charge in [-0.2, -0.15) is 0 Å². The Morgan fingerprint density at radius 1 is 1.00 bits per heavy atom. The average Bonchev–Trinajstić information content (AvgIpc) is 1.68. The molecule has 3 atom stereocenters. The van der Waals surface area contributed by atoms with Gasteiger partial charge in [0, 0.05) is 12.1 Å². The van der Waals surface area contributed by atoms with E-state index in [2.05, 4.69) is 26.1 Å². The van der Waals surface area contributed by atoms with Crippen LogP contribution in [0.4, 0.5) is 0 Å². The van der Waals surface area contributed by atoms with E-state index in [0.717, 1.165) is 18.0 Å². The van der Waals surface area contributed by atoms with Crippen LogP contribution < -0.4 is 5.32 Å². The lowest BCUT2D eigenvalue weighted by atomic mass is 9.87. The van der Waals surface area contributed by atoms with Crippen molar-refractivity contribution in [2.45, 2.75) is 32.9 Å². The summed E-state index contributed by atoms with van der Waals surface area (Å²) in [4.78, 5) is 0. The maximum absolute atomic E-state index is 3.36. The fourth-order valence-electron chi connectivity index (χ4n) is 1.03. The summed E-state index contributed by atoms with van der Waals surface area (Å²) in [7, 11) is 0. The molecular weight excluding hydrogens is 86.1 g/mol. The Morgan fingerprint density at radius 2 is 1.43 bits per heavy atom. The zero-order chi connectivity index (χ0) is 5.44. The van der Waals surface area contributed by atoms with Gasteiger partial charge < -0.3 is 5.32 Å². The van der Waals surface area contributed by atoms with Gasteiger partial charge in [0.1, 0.15) is 0 Å². The summed E-state index contributed by atoms with van der Waals surface area (Å²) in [6, 6.07) is 1.52. The molecule has 7 heavy (non-hydrogen) atoms. The second kappa shape index (κ2) is 1.48. The molecule has 1 heterocycles. The van der Waals surface area contributed by atoms with E-state index in [1.807, 2.05) is 0 Å². The lowest BCUT2D eigenvalue weighted by Gasteiger charge is -2.40. The molecule has 1 heteroatoms. The first-order valence-electron chi connectivity index (χ1n) is 2.98. The van der Waals surface area contributed by atoms with Crippen LogP contribution in [-0.4, -0.2) is 12.1 Å². The van der Waals surface area contributed by atoms with E-state index in [9.17, 15) is 0 Å². The van der Waals surface area contributed by atoms with Crippen molar-refractivity contribution in [3.63, 3.8) is 0 Å². The van der Waals surface area contributed by atoms with Gasteiger partial charge in [-0.3, -0.25) is 0 Å². The quantitative estimate of drug-likeness (QED) is 0.478. The molecule has 1 saturated heterocycles. The summed E-state index contributed by atoms with van der Waals surface area (Å²) in [6.07, 6.45) is 0. The van der Waals surface area contributed by atoms with E-state index in [-0.39, 0.29) is 0 Å². The Bertz CT molecular complexity index is 62.6. The Balaban J connectivity index is 2.29. The Labute approximate surface area is 45.1 Å². The largest absolute Gasteiger partial charge is 0.311 e. The molecule has 1 N–H and O–H groups in total. The fraction of sp³-hybridized carbons (Fsp3) is 1.00. The molecule has 0 aliphatic carbocycles. The molecule has 0 aromatic carbocycles. The predicted molar refractivity (Wildman–Crippen MR) is 31.2 cm³/mol. The smallest absolute Gasteiger partial charge is 0.00817 e. The van der Waals surface area contributed by atoms with Gasteiger partial charge in [-0.25, -0.2) is 0 Å². The topological polar surface area (TPSA) is 12.0 Å². The molecule has 0 bridgehead atoms. The summed E-state index contributed by atoms with van der Waals surface area (Å²) in [5.74, 6) is 0.889. The summed E-state index contributed by atoms with van der Waals surface area (Å²) >= 11 is 0. The molecule has 0 aromatic heterocycles. The number of hydrogen-bond acceptors (Lipinski definition) is 1. The normalized spacial score (nSPS) is 51.0. The van der Waals surface area contributed by atoms with Crippen molar-refractivity contribution in [3.05, 3.63) is 0 Å². The second-order valence-corrected chi connectivity index (χ2v) is 2.60. The van der Waals surface area contributed by atoms with Crippen molar-refractivity contribution < 1.29 is 0 Å². The van der Waals surface area contributed by atoms with E-state index < -0.39 is 0 Å². The molecule has 1 aliphatic heterocycles. The monoisotopic (exact) mass is 99.1 g/mol. The highest BCUT2D eigenvalue weighted by molar-refractivity contribution is 4.88. The van der Waals surface area contributed by atoms with Gasteiger partial charge in [0.25, 0.3) is 0 Å². The van der Waals surface area contributed by atoms with Crippen molar-refractivity contribution in [2.75, 3.05) is 0 Å². The van der Waals surface area contributed by atoms with E-state index >= 15 is 0 Å². The van der Waals surface area contributed by atoms with Gasteiger partial charge >= 0.3 is 0 Å². The maximum Gasteiger partial charge on any atom is 0.00817 e. The number of rotatable bonds is 0. The number of nitrogens with one attached hydrogen (secondary N) is 1. The van der Waals surface area contributed by atoms with Crippen molar-refractivity contribution in [1.82, 2.24) is 5.32 Å². The molecule has 1 unspecified atom stereocenters. The minimum Gasteiger partial charge on any atom is -0.311 e. The van der Waals surface area contributed by atoms with Crippen molar-refractivity contribution in [1.29, 1.82) is 0 Å². The van der Waals surface area contributed by atoms with Crippen LogP contribution in [0.5, 0.6) is 0 Å². The molecule has 42 valence electrons. The molecule has 1 fully saturated rings. The Kier molecular flexibility index (Phi) is 1.08. The molecule has 1 nitrogen and oxygen atoms in total. The third-order valence-corrected chi connectivity index (χ3v) is 2.10. The molecule has 0 amide bonds. The molecule has 0 spiro atoms. The summed E-state index contributed by atoms with van der Waals surface area (Å²) in [6.45, 7) is 6.74. The van der Waals surface area contributed by atoms with Crippen LogP contribution in [0.3, 0.4) is 0 Å². The van der Waals surface area contributed by atoms with Crippen LogP contribution in [0.25, 0.3) is 0 Å². The average molecular weight is 99.2 g/mol. The van der Waals surface area contributed by atoms with E-state index in [1.54, 1.807) is 0 Å². The van der Waals surface area contributed by atoms with Crippen LogP contribution in [-0.2, 0) is 0 Å². The van der Waals surface area contributed by atoms with Crippen LogP contribution in [0.2, 0.25) is 0 Å². The minimum absolute atomic E-state index is 0.759. The Hall–Kier alpha value is -0.0400. The Morgan fingerprint density at radius 3 is 1.43 bits per heavy atom. The molecule has 0 aromatic rings. The summed E-state index contributed by atoms with van der Waals surface area (Å²) < 4.78 is 0. The van der Waals surface area contributed by atoms with Gasteiger partial charge in [-0.1, -0.05) is 6.92 Å². The highest BCUT2D eigenvalue weighted by atomic mass is 15.0. The second-order valence-electron chi connectivity index (χ2n) is 2.60. The van der Waals surface area contributed by atoms with Gasteiger partial charge in [0.15, 0.2) is 0 Å². The molecule has 0 radical (unpaired) electrons. The van der Waals surface area contributed by atoms with Gasteiger partial charge in [-0.05, 0) is 19.8 Å². The van der Waals surface area contributed by atoms with Crippen molar-refractivity contribution in [2.24, 2.45) is 5.92 Å². The molecular formula is C6H13N. The van der Waals surface area contributed by atoms with Crippen molar-refractivity contribution in [3.8, 4) is 0 Å². The summed E-state index contributed by atoms with van der Waals surface area (Å²) in [5.41, 5.74) is 0. The van der Waals surface area contributed by atoms with Gasteiger partial charge in [0.2, 0.25) is 0 Å². The molecule has 1 aliphatic rings. The maximum atomic E-state index is 3.36. The van der Waals surface area contributed by atoms with E-state index in [4.69, 9.17) is 0 Å². The first kappa shape index (κ1) is 5.10. The third kappa shape index (κ3) is 0.653. The van der Waals surface area contributed by atoms with Gasteiger partial charge in [0.05, 0.1) is 0 Å². The highest BCUT2D eigenvalue weighted by Crippen LogP contribution is 2.18. The zero-order valence-corrected chi connectivity index (χ0v) is 5.23. The number of hydrogen-bond donors (Lipinski definition) is 1. The SMILES string of the molecule is CC1N[C@H](C)[C@H]1C. The van der Waals surface area contributed by atoms with Crippen LogP contribution in [0.15, 0.2) is 0 Å². The van der Waals surface area contributed by atoms with Crippen LogP contribution in [0, 0.1) is 5.92 Å². The summed E-state index contributed by atoms with van der Waals surface area (Å²) in [5, 5.41) is 3.36. The van der Waals surface area contributed by atoms with Gasteiger partial charge in [-0.15, -0.1) is 0 Å². The first-order chi connectivity index (χ1) is 3.22.